The minimum Gasteiger partial charge on any atom is -0.444 e. The highest BCUT2D eigenvalue weighted by Gasteiger charge is 2.21. The van der Waals surface area contributed by atoms with Gasteiger partial charge in [0.25, 0.3) is 0 Å². The summed E-state index contributed by atoms with van der Waals surface area (Å²) in [6.45, 7) is 15.1. The molecule has 0 aromatic heterocycles. The van der Waals surface area contributed by atoms with Crippen molar-refractivity contribution in [2.75, 3.05) is 19.6 Å². The van der Waals surface area contributed by atoms with Gasteiger partial charge in [0.2, 0.25) is 0 Å². The van der Waals surface area contributed by atoms with Gasteiger partial charge >= 0.3 is 12.2 Å². The van der Waals surface area contributed by atoms with E-state index in [2.05, 4.69) is 12.2 Å². The van der Waals surface area contributed by atoms with Crippen LogP contribution in [0.4, 0.5) is 9.59 Å². The number of unbranched alkanes of at least 4 members (excludes halogenated alkanes) is 2. The molecule has 0 heterocycles. The van der Waals surface area contributed by atoms with Gasteiger partial charge in [0.05, 0.1) is 0 Å². The topological polar surface area (TPSA) is 67.9 Å². The van der Waals surface area contributed by atoms with E-state index in [1.807, 2.05) is 41.5 Å². The van der Waals surface area contributed by atoms with E-state index in [0.717, 1.165) is 25.7 Å². The Hall–Kier alpha value is -1.46. The molecule has 0 aliphatic heterocycles. The van der Waals surface area contributed by atoms with E-state index < -0.39 is 17.3 Å². The number of amides is 2. The third-order valence-corrected chi connectivity index (χ3v) is 2.96. The Morgan fingerprint density at radius 2 is 1.42 bits per heavy atom. The van der Waals surface area contributed by atoms with Gasteiger partial charge in [0.1, 0.15) is 11.2 Å². The number of carbonyl (C=O) groups is 2. The van der Waals surface area contributed by atoms with Gasteiger partial charge in [-0.2, -0.15) is 0 Å². The SMILES string of the molecule is CCCCN(CCCCNC(=O)OC(C)(C)C)C(=O)OC(C)(C)C. The molecular weight excluding hydrogens is 308 g/mol. The van der Waals surface area contributed by atoms with Crippen LogP contribution >= 0.6 is 0 Å². The lowest BCUT2D eigenvalue weighted by Gasteiger charge is -2.27. The zero-order chi connectivity index (χ0) is 18.8. The first kappa shape index (κ1) is 22.5. The van der Waals surface area contributed by atoms with Crippen LogP contribution in [0.1, 0.15) is 74.1 Å². The van der Waals surface area contributed by atoms with Crippen LogP contribution in [0.15, 0.2) is 0 Å². The second-order valence-electron chi connectivity index (χ2n) is 7.96. The molecule has 0 aliphatic carbocycles. The first-order valence-corrected chi connectivity index (χ1v) is 8.89. The number of nitrogens with zero attached hydrogens (tertiary/aromatic N) is 1. The average molecular weight is 344 g/mol. The number of ether oxygens (including phenoxy) is 2. The van der Waals surface area contributed by atoms with Gasteiger partial charge in [-0.3, -0.25) is 0 Å². The molecule has 0 saturated heterocycles. The van der Waals surface area contributed by atoms with Crippen LogP contribution in [0, 0.1) is 0 Å². The van der Waals surface area contributed by atoms with Crippen LogP contribution in [-0.4, -0.2) is 47.9 Å². The minimum atomic E-state index is -0.488. The number of nitrogens with one attached hydrogen (secondary N) is 1. The standard InChI is InChI=1S/C18H36N2O4/c1-8-9-13-20(16(22)24-18(5,6)7)14-11-10-12-19-15(21)23-17(2,3)4/h8-14H2,1-7H3,(H,19,21). The van der Waals surface area contributed by atoms with Crippen LogP contribution in [-0.2, 0) is 9.47 Å². The van der Waals surface area contributed by atoms with Gasteiger partial charge in [-0.15, -0.1) is 0 Å². The van der Waals surface area contributed by atoms with Gasteiger partial charge in [-0.1, -0.05) is 13.3 Å². The van der Waals surface area contributed by atoms with E-state index in [1.54, 1.807) is 4.90 Å². The van der Waals surface area contributed by atoms with Gasteiger partial charge in [-0.05, 0) is 60.8 Å². The first-order valence-electron chi connectivity index (χ1n) is 8.89. The molecule has 0 bridgehead atoms. The summed E-state index contributed by atoms with van der Waals surface area (Å²) >= 11 is 0. The normalized spacial score (nSPS) is 11.8. The lowest BCUT2D eigenvalue weighted by atomic mass is 10.2. The summed E-state index contributed by atoms with van der Waals surface area (Å²) in [7, 11) is 0. The Labute approximate surface area is 147 Å². The molecule has 0 saturated carbocycles. The average Bonchev–Trinajstić information content (AvgIpc) is 2.37. The van der Waals surface area contributed by atoms with Crippen LogP contribution in [0.2, 0.25) is 0 Å². The molecule has 0 rings (SSSR count). The fourth-order valence-corrected chi connectivity index (χ4v) is 1.90. The predicted octanol–water partition coefficient (Wildman–Crippen LogP) is 4.33. The molecule has 0 atom stereocenters. The van der Waals surface area contributed by atoms with E-state index in [0.29, 0.717) is 19.6 Å². The van der Waals surface area contributed by atoms with Crippen molar-refractivity contribution in [3.8, 4) is 0 Å². The Morgan fingerprint density at radius 1 is 0.875 bits per heavy atom. The van der Waals surface area contributed by atoms with Gasteiger partial charge in [0, 0.05) is 19.6 Å². The van der Waals surface area contributed by atoms with Crippen molar-refractivity contribution >= 4 is 12.2 Å². The highest BCUT2D eigenvalue weighted by atomic mass is 16.6. The fraction of sp³-hybridized carbons (Fsp3) is 0.889. The molecule has 0 aromatic carbocycles. The molecular formula is C18H36N2O4. The van der Waals surface area contributed by atoms with Crippen molar-refractivity contribution in [1.82, 2.24) is 10.2 Å². The maximum absolute atomic E-state index is 12.2. The van der Waals surface area contributed by atoms with Gasteiger partial charge in [-0.25, -0.2) is 9.59 Å². The molecule has 0 radical (unpaired) electrons. The van der Waals surface area contributed by atoms with E-state index in [1.165, 1.54) is 0 Å². The summed E-state index contributed by atoms with van der Waals surface area (Å²) in [4.78, 5) is 25.5. The number of carbonyl (C=O) groups excluding carboxylic acids is 2. The minimum absolute atomic E-state index is 0.268. The zero-order valence-corrected chi connectivity index (χ0v) is 16.5. The van der Waals surface area contributed by atoms with E-state index in [9.17, 15) is 9.59 Å². The van der Waals surface area contributed by atoms with Gasteiger partial charge in [0.15, 0.2) is 0 Å². The predicted molar refractivity (Wildman–Crippen MR) is 96.2 cm³/mol. The molecule has 0 aromatic rings. The van der Waals surface area contributed by atoms with Crippen LogP contribution in [0.3, 0.4) is 0 Å². The zero-order valence-electron chi connectivity index (χ0n) is 16.5. The molecule has 0 unspecified atom stereocenters. The first-order chi connectivity index (χ1) is 10.9. The molecule has 1 N–H and O–H groups in total. The maximum Gasteiger partial charge on any atom is 0.410 e. The molecule has 2 amide bonds. The largest absolute Gasteiger partial charge is 0.444 e. The van der Waals surface area contributed by atoms with Crippen LogP contribution in [0.25, 0.3) is 0 Å². The third-order valence-electron chi connectivity index (χ3n) is 2.96. The number of rotatable bonds is 8. The lowest BCUT2D eigenvalue weighted by molar-refractivity contribution is 0.0242. The van der Waals surface area contributed by atoms with Crippen molar-refractivity contribution < 1.29 is 19.1 Å². The van der Waals surface area contributed by atoms with Gasteiger partial charge < -0.3 is 19.7 Å². The Balaban J connectivity index is 4.15. The molecule has 6 heteroatoms. The van der Waals surface area contributed by atoms with Crippen LogP contribution in [0.5, 0.6) is 0 Å². The highest BCUT2D eigenvalue weighted by molar-refractivity contribution is 5.68. The summed E-state index contributed by atoms with van der Waals surface area (Å²) in [5.41, 5.74) is -0.975. The highest BCUT2D eigenvalue weighted by Crippen LogP contribution is 2.11. The van der Waals surface area contributed by atoms with Crippen molar-refractivity contribution in [2.24, 2.45) is 0 Å². The fourth-order valence-electron chi connectivity index (χ4n) is 1.90. The van der Waals surface area contributed by atoms with Crippen molar-refractivity contribution in [3.05, 3.63) is 0 Å². The monoisotopic (exact) mass is 344 g/mol. The smallest absolute Gasteiger partial charge is 0.410 e. The second-order valence-corrected chi connectivity index (χ2v) is 7.96. The van der Waals surface area contributed by atoms with E-state index in [4.69, 9.17) is 9.47 Å². The Morgan fingerprint density at radius 3 is 1.92 bits per heavy atom. The van der Waals surface area contributed by atoms with Crippen molar-refractivity contribution in [2.45, 2.75) is 85.4 Å². The Kier molecular flexibility index (Phi) is 9.78. The molecule has 142 valence electrons. The molecule has 24 heavy (non-hydrogen) atoms. The summed E-state index contributed by atoms with van der Waals surface area (Å²) in [5.74, 6) is 0. The Bertz CT molecular complexity index is 383. The molecule has 0 fully saturated rings. The third kappa shape index (κ3) is 13.0. The van der Waals surface area contributed by atoms with E-state index >= 15 is 0 Å². The summed E-state index contributed by atoms with van der Waals surface area (Å²) in [5, 5.41) is 2.73. The second kappa shape index (κ2) is 10.4. The summed E-state index contributed by atoms with van der Waals surface area (Å²) in [6.07, 6.45) is 2.90. The molecule has 0 spiro atoms. The molecule has 6 nitrogen and oxygen atoms in total. The van der Waals surface area contributed by atoms with Crippen molar-refractivity contribution in [3.63, 3.8) is 0 Å². The van der Waals surface area contributed by atoms with Crippen molar-refractivity contribution in [1.29, 1.82) is 0 Å². The van der Waals surface area contributed by atoms with E-state index in [-0.39, 0.29) is 6.09 Å². The summed E-state index contributed by atoms with van der Waals surface area (Å²) in [6, 6.07) is 0. The molecule has 0 aliphatic rings. The number of alkyl carbamates (subject to hydrolysis) is 1. The van der Waals surface area contributed by atoms with Crippen LogP contribution < -0.4 is 5.32 Å². The number of hydrogen-bond acceptors (Lipinski definition) is 4. The summed E-state index contributed by atoms with van der Waals surface area (Å²) < 4.78 is 10.6. The number of hydrogen-bond donors (Lipinski definition) is 1. The maximum atomic E-state index is 12.2. The quantitative estimate of drug-likeness (QED) is 0.666. The lowest BCUT2D eigenvalue weighted by Crippen LogP contribution is -2.38.